The quantitative estimate of drug-likeness (QED) is 0.683. The van der Waals surface area contributed by atoms with Crippen molar-refractivity contribution in [1.29, 1.82) is 0 Å². The predicted molar refractivity (Wildman–Crippen MR) is 48.7 cm³/mol. The molecule has 0 atom stereocenters. The second kappa shape index (κ2) is 2.52. The molecule has 0 spiro atoms. The largest absolute Gasteiger partial charge is 0.232 e. The zero-order valence-electron chi connectivity index (χ0n) is 6.74. The Labute approximate surface area is 77.7 Å². The van der Waals surface area contributed by atoms with Crippen LogP contribution in [0.15, 0.2) is 10.5 Å². The number of aromatic nitrogens is 4. The molecule has 4 nitrogen and oxygen atoms in total. The minimum absolute atomic E-state index is 0.807. The standard InChI is InChI=1S/C7H7BrN4/c1-4-3-5(8)6-7(9-4)12(2)11-10-6/h3H,1-2H3. The van der Waals surface area contributed by atoms with E-state index in [4.69, 9.17) is 0 Å². The van der Waals surface area contributed by atoms with Gasteiger partial charge in [0.2, 0.25) is 0 Å². The van der Waals surface area contributed by atoms with E-state index in [1.165, 1.54) is 0 Å². The van der Waals surface area contributed by atoms with Gasteiger partial charge in [0.25, 0.3) is 0 Å². The Balaban J connectivity index is 2.92. The molecule has 0 aromatic carbocycles. The number of halogens is 1. The first kappa shape index (κ1) is 7.67. The molecule has 0 aliphatic carbocycles. The fraction of sp³-hybridized carbons (Fsp3) is 0.286. The monoisotopic (exact) mass is 226 g/mol. The van der Waals surface area contributed by atoms with Gasteiger partial charge in [0.15, 0.2) is 5.65 Å². The molecule has 0 amide bonds. The number of hydrogen-bond acceptors (Lipinski definition) is 3. The molecule has 62 valence electrons. The molecular formula is C7H7BrN4. The summed E-state index contributed by atoms with van der Waals surface area (Å²) in [6.07, 6.45) is 0. The summed E-state index contributed by atoms with van der Waals surface area (Å²) < 4.78 is 2.60. The van der Waals surface area contributed by atoms with Crippen LogP contribution in [0.5, 0.6) is 0 Å². The average molecular weight is 227 g/mol. The highest BCUT2D eigenvalue weighted by molar-refractivity contribution is 9.10. The molecule has 0 saturated heterocycles. The summed E-state index contributed by atoms with van der Waals surface area (Å²) in [6, 6.07) is 1.93. The minimum atomic E-state index is 0.807. The molecule has 5 heteroatoms. The summed E-state index contributed by atoms with van der Waals surface area (Å²) in [4.78, 5) is 4.30. The predicted octanol–water partition coefficient (Wildman–Crippen LogP) is 1.43. The summed E-state index contributed by atoms with van der Waals surface area (Å²) in [5.41, 5.74) is 2.57. The third-order valence-corrected chi connectivity index (χ3v) is 2.25. The zero-order valence-corrected chi connectivity index (χ0v) is 8.33. The fourth-order valence-corrected chi connectivity index (χ4v) is 1.67. The Hall–Kier alpha value is -0.970. The highest BCUT2D eigenvalue weighted by Crippen LogP contribution is 2.20. The van der Waals surface area contributed by atoms with Gasteiger partial charge < -0.3 is 0 Å². The Morgan fingerprint density at radius 3 is 3.00 bits per heavy atom. The minimum Gasteiger partial charge on any atom is -0.232 e. The van der Waals surface area contributed by atoms with Crippen LogP contribution in [-0.2, 0) is 7.05 Å². The molecule has 0 saturated carbocycles. The van der Waals surface area contributed by atoms with Crippen molar-refractivity contribution in [3.05, 3.63) is 16.2 Å². The molecule has 2 aromatic heterocycles. The van der Waals surface area contributed by atoms with Gasteiger partial charge in [0.1, 0.15) is 5.52 Å². The number of fused-ring (bicyclic) bond motifs is 1. The lowest BCUT2D eigenvalue weighted by Crippen LogP contribution is -1.93. The molecule has 2 aromatic rings. The van der Waals surface area contributed by atoms with Crippen molar-refractivity contribution in [2.75, 3.05) is 0 Å². The van der Waals surface area contributed by atoms with Crippen molar-refractivity contribution in [2.24, 2.45) is 7.05 Å². The van der Waals surface area contributed by atoms with Gasteiger partial charge in [-0.25, -0.2) is 9.67 Å². The Morgan fingerprint density at radius 1 is 1.50 bits per heavy atom. The third-order valence-electron chi connectivity index (χ3n) is 1.64. The van der Waals surface area contributed by atoms with Crippen molar-refractivity contribution in [3.8, 4) is 0 Å². The van der Waals surface area contributed by atoms with Gasteiger partial charge in [0.05, 0.1) is 4.47 Å². The summed E-state index contributed by atoms with van der Waals surface area (Å²) in [5, 5.41) is 7.83. The van der Waals surface area contributed by atoms with Gasteiger partial charge in [0, 0.05) is 12.7 Å². The van der Waals surface area contributed by atoms with E-state index in [0.717, 1.165) is 21.3 Å². The van der Waals surface area contributed by atoms with E-state index < -0.39 is 0 Å². The molecule has 0 aliphatic heterocycles. The normalized spacial score (nSPS) is 10.9. The van der Waals surface area contributed by atoms with Crippen LogP contribution in [0.2, 0.25) is 0 Å². The van der Waals surface area contributed by atoms with Gasteiger partial charge in [-0.2, -0.15) is 0 Å². The molecule has 2 heterocycles. The molecule has 0 bridgehead atoms. The van der Waals surface area contributed by atoms with Crippen molar-refractivity contribution >= 4 is 27.1 Å². The maximum Gasteiger partial charge on any atom is 0.179 e. The average Bonchev–Trinajstić information content (AvgIpc) is 2.33. The van der Waals surface area contributed by atoms with Gasteiger partial charge >= 0.3 is 0 Å². The first-order chi connectivity index (χ1) is 5.68. The smallest absolute Gasteiger partial charge is 0.179 e. The number of rotatable bonds is 0. The summed E-state index contributed by atoms with van der Waals surface area (Å²) in [7, 11) is 1.83. The Bertz CT molecular complexity index is 434. The van der Waals surface area contributed by atoms with Crippen LogP contribution in [0.4, 0.5) is 0 Å². The maximum absolute atomic E-state index is 4.30. The number of hydrogen-bond donors (Lipinski definition) is 0. The zero-order chi connectivity index (χ0) is 8.72. The summed E-state index contributed by atoms with van der Waals surface area (Å²) >= 11 is 3.41. The van der Waals surface area contributed by atoms with Crippen molar-refractivity contribution in [3.63, 3.8) is 0 Å². The van der Waals surface area contributed by atoms with Gasteiger partial charge in [-0.3, -0.25) is 0 Å². The molecule has 12 heavy (non-hydrogen) atoms. The topological polar surface area (TPSA) is 43.6 Å². The molecule has 0 unspecified atom stereocenters. The van der Waals surface area contributed by atoms with E-state index in [0.29, 0.717) is 0 Å². The summed E-state index contributed by atoms with van der Waals surface area (Å²) in [6.45, 7) is 1.94. The van der Waals surface area contributed by atoms with Gasteiger partial charge in [-0.15, -0.1) is 5.10 Å². The SMILES string of the molecule is Cc1cc(Br)c2nnn(C)c2n1. The van der Waals surface area contributed by atoms with E-state index in [1.54, 1.807) is 4.68 Å². The van der Waals surface area contributed by atoms with Crippen molar-refractivity contribution in [2.45, 2.75) is 6.92 Å². The lowest BCUT2D eigenvalue weighted by Gasteiger charge is -1.95. The highest BCUT2D eigenvalue weighted by Gasteiger charge is 2.06. The van der Waals surface area contributed by atoms with Crippen LogP contribution < -0.4 is 0 Å². The molecule has 0 radical (unpaired) electrons. The van der Waals surface area contributed by atoms with Crippen LogP contribution >= 0.6 is 15.9 Å². The van der Waals surface area contributed by atoms with Gasteiger partial charge in [-0.05, 0) is 28.9 Å². The van der Waals surface area contributed by atoms with Crippen LogP contribution in [0.25, 0.3) is 11.2 Å². The van der Waals surface area contributed by atoms with E-state index in [-0.39, 0.29) is 0 Å². The van der Waals surface area contributed by atoms with E-state index in [2.05, 4.69) is 31.2 Å². The lowest BCUT2D eigenvalue weighted by molar-refractivity contribution is 0.729. The third kappa shape index (κ3) is 1.01. The van der Waals surface area contributed by atoms with Crippen LogP contribution in [0.1, 0.15) is 5.69 Å². The summed E-state index contributed by atoms with van der Waals surface area (Å²) in [5.74, 6) is 0. The van der Waals surface area contributed by atoms with Crippen LogP contribution in [0, 0.1) is 6.92 Å². The van der Waals surface area contributed by atoms with Crippen LogP contribution in [-0.4, -0.2) is 20.0 Å². The van der Waals surface area contributed by atoms with Crippen molar-refractivity contribution < 1.29 is 0 Å². The molecule has 0 N–H and O–H groups in total. The van der Waals surface area contributed by atoms with Crippen LogP contribution in [0.3, 0.4) is 0 Å². The van der Waals surface area contributed by atoms with E-state index in [1.807, 2.05) is 20.0 Å². The fourth-order valence-electron chi connectivity index (χ4n) is 1.08. The van der Waals surface area contributed by atoms with E-state index in [9.17, 15) is 0 Å². The number of nitrogens with zero attached hydrogens (tertiary/aromatic N) is 4. The Morgan fingerprint density at radius 2 is 2.25 bits per heavy atom. The molecular weight excluding hydrogens is 220 g/mol. The highest BCUT2D eigenvalue weighted by atomic mass is 79.9. The number of aryl methyl sites for hydroxylation is 2. The first-order valence-corrected chi connectivity index (χ1v) is 4.30. The second-order valence-corrected chi connectivity index (χ2v) is 3.49. The van der Waals surface area contributed by atoms with Gasteiger partial charge in [-0.1, -0.05) is 5.21 Å². The van der Waals surface area contributed by atoms with E-state index >= 15 is 0 Å². The van der Waals surface area contributed by atoms with Crippen molar-refractivity contribution in [1.82, 2.24) is 20.0 Å². The molecule has 2 rings (SSSR count). The Kier molecular flexibility index (Phi) is 1.61. The molecule has 0 fully saturated rings. The second-order valence-electron chi connectivity index (χ2n) is 2.63. The maximum atomic E-state index is 4.30. The molecule has 0 aliphatic rings. The number of pyridine rings is 1. The lowest BCUT2D eigenvalue weighted by atomic mass is 10.3. The first-order valence-electron chi connectivity index (χ1n) is 3.51.